The fourth-order valence-electron chi connectivity index (χ4n) is 1.35. The first-order valence-electron chi connectivity index (χ1n) is 4.98. The van der Waals surface area contributed by atoms with Gasteiger partial charge in [0.2, 0.25) is 5.91 Å². The molecule has 5 heteroatoms. The number of rotatable bonds is 3. The van der Waals surface area contributed by atoms with E-state index in [4.69, 9.17) is 5.11 Å². The van der Waals surface area contributed by atoms with Gasteiger partial charge in [0, 0.05) is 38.2 Å². The highest BCUT2D eigenvalue weighted by atomic mass is 16.4. The minimum absolute atomic E-state index is 0.0661. The van der Waals surface area contributed by atoms with E-state index in [1.54, 1.807) is 13.0 Å². The average molecular weight is 212 g/mol. The van der Waals surface area contributed by atoms with Gasteiger partial charge in [0.1, 0.15) is 0 Å². The van der Waals surface area contributed by atoms with E-state index in [2.05, 4.69) is 10.2 Å². The smallest absolute Gasteiger partial charge is 0.330 e. The lowest BCUT2D eigenvalue weighted by molar-refractivity contribution is -0.132. The Morgan fingerprint density at radius 1 is 1.60 bits per heavy atom. The minimum Gasteiger partial charge on any atom is -0.478 e. The van der Waals surface area contributed by atoms with Crippen molar-refractivity contribution < 1.29 is 14.7 Å². The van der Waals surface area contributed by atoms with Crippen LogP contribution < -0.4 is 5.32 Å². The van der Waals surface area contributed by atoms with Crippen LogP contribution in [0.25, 0.3) is 0 Å². The van der Waals surface area contributed by atoms with Gasteiger partial charge in [0.05, 0.1) is 0 Å². The summed E-state index contributed by atoms with van der Waals surface area (Å²) >= 11 is 0. The van der Waals surface area contributed by atoms with Crippen LogP contribution in [-0.2, 0) is 9.59 Å². The highest BCUT2D eigenvalue weighted by Gasteiger charge is 2.12. The molecule has 1 saturated heterocycles. The molecule has 1 fully saturated rings. The molecule has 84 valence electrons. The molecule has 0 aromatic heterocycles. The molecular formula is C10H16N2O3. The molecule has 1 aliphatic rings. The highest BCUT2D eigenvalue weighted by molar-refractivity contribution is 5.85. The van der Waals surface area contributed by atoms with Crippen LogP contribution in [-0.4, -0.2) is 48.1 Å². The zero-order valence-electron chi connectivity index (χ0n) is 8.82. The van der Waals surface area contributed by atoms with Gasteiger partial charge >= 0.3 is 5.97 Å². The molecule has 1 amide bonds. The number of carboxylic acids is 1. The van der Waals surface area contributed by atoms with Gasteiger partial charge in [-0.05, 0) is 6.92 Å². The lowest BCUT2D eigenvalue weighted by Crippen LogP contribution is -2.28. The monoisotopic (exact) mass is 212 g/mol. The fourth-order valence-corrected chi connectivity index (χ4v) is 1.35. The van der Waals surface area contributed by atoms with Crippen LogP contribution >= 0.6 is 0 Å². The molecule has 0 atom stereocenters. The number of aliphatic carboxylic acids is 1. The molecule has 0 spiro atoms. The Labute approximate surface area is 88.8 Å². The van der Waals surface area contributed by atoms with Crippen LogP contribution in [0.3, 0.4) is 0 Å². The Morgan fingerprint density at radius 3 is 3.00 bits per heavy atom. The van der Waals surface area contributed by atoms with Crippen molar-refractivity contribution in [2.24, 2.45) is 0 Å². The van der Waals surface area contributed by atoms with Gasteiger partial charge < -0.3 is 10.4 Å². The first kappa shape index (κ1) is 11.7. The van der Waals surface area contributed by atoms with Gasteiger partial charge in [-0.15, -0.1) is 0 Å². The number of nitrogens with one attached hydrogen (secondary N) is 1. The minimum atomic E-state index is -0.890. The van der Waals surface area contributed by atoms with Gasteiger partial charge in [0.25, 0.3) is 0 Å². The topological polar surface area (TPSA) is 69.6 Å². The summed E-state index contributed by atoms with van der Waals surface area (Å²) < 4.78 is 0. The van der Waals surface area contributed by atoms with Crippen LogP contribution in [0.5, 0.6) is 0 Å². The third kappa shape index (κ3) is 4.12. The maximum absolute atomic E-state index is 11.0. The van der Waals surface area contributed by atoms with Crippen molar-refractivity contribution in [1.29, 1.82) is 0 Å². The molecule has 0 aromatic rings. The van der Waals surface area contributed by atoms with Gasteiger partial charge in [-0.25, -0.2) is 4.79 Å². The van der Waals surface area contributed by atoms with Crippen LogP contribution in [0.2, 0.25) is 0 Å². The Morgan fingerprint density at radius 2 is 2.33 bits per heavy atom. The van der Waals surface area contributed by atoms with Crippen LogP contribution in [0, 0.1) is 0 Å². The van der Waals surface area contributed by atoms with E-state index < -0.39 is 5.97 Å². The molecule has 1 aliphatic heterocycles. The largest absolute Gasteiger partial charge is 0.478 e. The summed E-state index contributed by atoms with van der Waals surface area (Å²) in [7, 11) is 0. The Balaban J connectivity index is 2.41. The summed E-state index contributed by atoms with van der Waals surface area (Å²) in [5, 5.41) is 11.4. The number of nitrogens with zero attached hydrogens (tertiary/aromatic N) is 1. The first-order valence-corrected chi connectivity index (χ1v) is 4.98. The third-order valence-electron chi connectivity index (χ3n) is 2.40. The van der Waals surface area contributed by atoms with Crippen LogP contribution in [0.4, 0.5) is 0 Å². The number of hydrogen-bond acceptors (Lipinski definition) is 3. The number of hydrogen-bond donors (Lipinski definition) is 2. The van der Waals surface area contributed by atoms with E-state index in [1.165, 1.54) is 0 Å². The van der Waals surface area contributed by atoms with Gasteiger partial charge in [-0.1, -0.05) is 6.08 Å². The second kappa shape index (κ2) is 5.50. The Kier molecular flexibility index (Phi) is 4.30. The summed E-state index contributed by atoms with van der Waals surface area (Å²) in [6, 6.07) is 0. The molecule has 1 rings (SSSR count). The van der Waals surface area contributed by atoms with E-state index in [0.717, 1.165) is 6.54 Å². The Hall–Kier alpha value is -1.36. The van der Waals surface area contributed by atoms with Crippen molar-refractivity contribution in [1.82, 2.24) is 10.2 Å². The van der Waals surface area contributed by atoms with E-state index in [1.807, 2.05) is 0 Å². The van der Waals surface area contributed by atoms with Gasteiger partial charge in [0.15, 0.2) is 0 Å². The Bertz CT molecular complexity index is 286. The van der Waals surface area contributed by atoms with Crippen LogP contribution in [0.1, 0.15) is 13.3 Å². The summed E-state index contributed by atoms with van der Waals surface area (Å²) in [6.45, 7) is 4.26. The molecule has 0 aliphatic carbocycles. The van der Waals surface area contributed by atoms with Crippen LogP contribution in [0.15, 0.2) is 11.6 Å². The summed E-state index contributed by atoms with van der Waals surface area (Å²) in [6.07, 6.45) is 2.16. The second-order valence-electron chi connectivity index (χ2n) is 3.59. The quantitative estimate of drug-likeness (QED) is 0.638. The predicted molar refractivity (Wildman–Crippen MR) is 55.5 cm³/mol. The molecule has 2 N–H and O–H groups in total. The normalized spacial score (nSPS) is 19.5. The third-order valence-corrected chi connectivity index (χ3v) is 2.40. The number of carbonyl (C=O) groups is 2. The van der Waals surface area contributed by atoms with E-state index in [0.29, 0.717) is 31.6 Å². The fraction of sp³-hybridized carbons (Fsp3) is 0.600. The maximum atomic E-state index is 11.0. The number of carboxylic acid groups (broad SMARTS) is 1. The summed E-state index contributed by atoms with van der Waals surface area (Å²) in [4.78, 5) is 23.6. The van der Waals surface area contributed by atoms with Crippen molar-refractivity contribution >= 4 is 11.9 Å². The standard InChI is InChI=1S/C10H16N2O3/c1-8(10(14)15)2-5-12-6-3-9(13)11-4-7-12/h2H,3-7H2,1H3,(H,11,13)(H,14,15). The highest BCUT2D eigenvalue weighted by Crippen LogP contribution is 1.99. The number of amides is 1. The molecule has 15 heavy (non-hydrogen) atoms. The second-order valence-corrected chi connectivity index (χ2v) is 3.59. The lowest BCUT2D eigenvalue weighted by Gasteiger charge is -2.16. The molecule has 0 radical (unpaired) electrons. The predicted octanol–water partition coefficient (Wildman–Crippen LogP) is -0.161. The molecule has 0 unspecified atom stereocenters. The lowest BCUT2D eigenvalue weighted by atomic mass is 10.2. The molecule has 0 aromatic carbocycles. The van der Waals surface area contributed by atoms with E-state index >= 15 is 0 Å². The molecule has 0 bridgehead atoms. The molecule has 1 heterocycles. The van der Waals surface area contributed by atoms with Crippen molar-refractivity contribution in [2.45, 2.75) is 13.3 Å². The summed E-state index contributed by atoms with van der Waals surface area (Å²) in [5.41, 5.74) is 0.346. The maximum Gasteiger partial charge on any atom is 0.330 e. The van der Waals surface area contributed by atoms with E-state index in [-0.39, 0.29) is 5.91 Å². The van der Waals surface area contributed by atoms with Gasteiger partial charge in [-0.3, -0.25) is 9.69 Å². The van der Waals surface area contributed by atoms with E-state index in [9.17, 15) is 9.59 Å². The van der Waals surface area contributed by atoms with Crippen molar-refractivity contribution in [3.63, 3.8) is 0 Å². The van der Waals surface area contributed by atoms with Crippen molar-refractivity contribution in [3.05, 3.63) is 11.6 Å². The molecule has 5 nitrogen and oxygen atoms in total. The number of carbonyl (C=O) groups excluding carboxylic acids is 1. The van der Waals surface area contributed by atoms with Crippen molar-refractivity contribution in [3.8, 4) is 0 Å². The van der Waals surface area contributed by atoms with Crippen molar-refractivity contribution in [2.75, 3.05) is 26.2 Å². The zero-order chi connectivity index (χ0) is 11.3. The average Bonchev–Trinajstić information content (AvgIpc) is 2.39. The first-order chi connectivity index (χ1) is 7.09. The SMILES string of the molecule is CC(=CCN1CCNC(=O)CC1)C(=O)O. The molecular weight excluding hydrogens is 196 g/mol. The molecule has 0 saturated carbocycles. The zero-order valence-corrected chi connectivity index (χ0v) is 8.82. The summed E-state index contributed by atoms with van der Waals surface area (Å²) in [5.74, 6) is -0.824. The van der Waals surface area contributed by atoms with Gasteiger partial charge in [-0.2, -0.15) is 0 Å².